The lowest BCUT2D eigenvalue weighted by atomic mass is 9.80. The normalized spacial score (nSPS) is 32.8. The number of fused-ring (bicyclic) bond motifs is 1. The molecule has 22 heavy (non-hydrogen) atoms. The molecule has 2 heterocycles. The molecule has 0 bridgehead atoms. The van der Waals surface area contributed by atoms with Gasteiger partial charge in [-0.1, -0.05) is 5.16 Å². The highest BCUT2D eigenvalue weighted by atomic mass is 19.3. The summed E-state index contributed by atoms with van der Waals surface area (Å²) in [6, 6.07) is 0.227. The monoisotopic (exact) mass is 313 g/mol. The molecule has 0 radical (unpaired) electrons. The number of hydrogen-bond acceptors (Lipinski definition) is 4. The molecular formula is C14H17F2N3O3. The van der Waals surface area contributed by atoms with Crippen molar-refractivity contribution < 1.29 is 23.2 Å². The summed E-state index contributed by atoms with van der Waals surface area (Å²) >= 11 is 0. The van der Waals surface area contributed by atoms with Crippen molar-refractivity contribution >= 4 is 17.5 Å². The third-order valence-electron chi connectivity index (χ3n) is 4.80. The van der Waals surface area contributed by atoms with Crippen LogP contribution < -0.4 is 5.32 Å². The Hall–Kier alpha value is -1.73. The molecule has 2 atom stereocenters. The van der Waals surface area contributed by atoms with E-state index in [0.29, 0.717) is 18.8 Å². The first-order valence-corrected chi connectivity index (χ1v) is 7.64. The number of hydrogen-bond donors (Lipinski definition) is 1. The Balaban J connectivity index is 1.37. The second-order valence-corrected chi connectivity index (χ2v) is 6.68. The maximum absolute atomic E-state index is 12.9. The van der Waals surface area contributed by atoms with E-state index in [1.807, 2.05) is 0 Å². The van der Waals surface area contributed by atoms with E-state index in [1.54, 1.807) is 0 Å². The van der Waals surface area contributed by atoms with Crippen LogP contribution in [-0.2, 0) is 14.4 Å². The molecule has 4 aliphatic rings. The van der Waals surface area contributed by atoms with Crippen molar-refractivity contribution in [3.63, 3.8) is 0 Å². The Morgan fingerprint density at radius 3 is 2.64 bits per heavy atom. The number of amides is 2. The molecule has 0 unspecified atom stereocenters. The van der Waals surface area contributed by atoms with Gasteiger partial charge in [0, 0.05) is 31.3 Å². The number of rotatable bonds is 3. The Labute approximate surface area is 125 Å². The summed E-state index contributed by atoms with van der Waals surface area (Å²) in [5, 5.41) is 6.70. The minimum Gasteiger partial charge on any atom is -0.389 e. The molecule has 0 aromatic heterocycles. The fraction of sp³-hybridized carbons (Fsp3) is 0.786. The van der Waals surface area contributed by atoms with Gasteiger partial charge >= 0.3 is 0 Å². The summed E-state index contributed by atoms with van der Waals surface area (Å²) in [7, 11) is 0. The Morgan fingerprint density at radius 2 is 2.00 bits per heavy atom. The summed E-state index contributed by atoms with van der Waals surface area (Å²) in [6.45, 7) is 0.637. The van der Waals surface area contributed by atoms with Crippen LogP contribution in [0.4, 0.5) is 8.78 Å². The number of carbonyl (C=O) groups is 2. The van der Waals surface area contributed by atoms with Gasteiger partial charge < -0.3 is 15.1 Å². The van der Waals surface area contributed by atoms with Gasteiger partial charge in [-0.15, -0.1) is 0 Å². The topological polar surface area (TPSA) is 71.0 Å². The zero-order valence-corrected chi connectivity index (χ0v) is 11.9. The Kier molecular flexibility index (Phi) is 2.93. The van der Waals surface area contributed by atoms with Crippen molar-refractivity contribution in [2.45, 2.75) is 43.8 Å². The van der Waals surface area contributed by atoms with Crippen molar-refractivity contribution in [3.8, 4) is 0 Å². The Morgan fingerprint density at radius 1 is 1.27 bits per heavy atom. The number of alkyl halides is 2. The molecule has 4 rings (SSSR count). The standard InChI is InChI=1S/C14H17F2N3O3/c15-14(16)3-7(4-14)13(21)19-5-9-10(6-19)22-18-11(9)12(20)17-8-1-2-8/h7-10H,1-6H2,(H,17,20)/t9-,10+/m0/s1. The number of oxime groups is 1. The van der Waals surface area contributed by atoms with E-state index in [4.69, 9.17) is 4.84 Å². The number of carbonyl (C=O) groups excluding carboxylic acids is 2. The van der Waals surface area contributed by atoms with Gasteiger partial charge in [-0.2, -0.15) is 0 Å². The van der Waals surface area contributed by atoms with Gasteiger partial charge in [-0.3, -0.25) is 9.59 Å². The van der Waals surface area contributed by atoms with Crippen LogP contribution in [0.15, 0.2) is 5.16 Å². The first-order chi connectivity index (χ1) is 10.4. The molecule has 120 valence electrons. The number of likely N-dealkylation sites (tertiary alicyclic amines) is 1. The van der Waals surface area contributed by atoms with Gasteiger partial charge in [0.2, 0.25) is 11.8 Å². The SMILES string of the molecule is O=C(NC1CC1)C1=NO[C@@H]2CN(C(=O)C3CC(F)(F)C3)C[C@H]12. The summed E-state index contributed by atoms with van der Waals surface area (Å²) in [5.74, 6) is -4.05. The van der Waals surface area contributed by atoms with E-state index >= 15 is 0 Å². The smallest absolute Gasteiger partial charge is 0.269 e. The first kappa shape index (κ1) is 13.9. The third kappa shape index (κ3) is 2.34. The number of nitrogens with zero attached hydrogens (tertiary/aromatic N) is 2. The third-order valence-corrected chi connectivity index (χ3v) is 4.80. The minimum absolute atomic E-state index is 0.227. The van der Waals surface area contributed by atoms with Crippen LogP contribution in [0.5, 0.6) is 0 Å². The maximum Gasteiger partial charge on any atom is 0.269 e. The van der Waals surface area contributed by atoms with E-state index in [2.05, 4.69) is 10.5 Å². The van der Waals surface area contributed by atoms with Crippen LogP contribution >= 0.6 is 0 Å². The first-order valence-electron chi connectivity index (χ1n) is 7.64. The second kappa shape index (κ2) is 4.63. The molecule has 1 saturated heterocycles. The average molecular weight is 313 g/mol. The van der Waals surface area contributed by atoms with Crippen LogP contribution in [0.25, 0.3) is 0 Å². The van der Waals surface area contributed by atoms with E-state index < -0.39 is 11.8 Å². The van der Waals surface area contributed by atoms with E-state index in [9.17, 15) is 18.4 Å². The van der Waals surface area contributed by atoms with Gasteiger partial charge in [0.25, 0.3) is 5.91 Å². The van der Waals surface area contributed by atoms with Gasteiger partial charge in [-0.05, 0) is 12.8 Å². The molecule has 0 spiro atoms. The predicted octanol–water partition coefficient (Wildman–Crippen LogP) is 0.523. The summed E-state index contributed by atoms with van der Waals surface area (Å²) in [5.41, 5.74) is 0.325. The molecule has 2 aliphatic heterocycles. The molecule has 2 amide bonds. The molecule has 8 heteroatoms. The fourth-order valence-electron chi connectivity index (χ4n) is 3.31. The van der Waals surface area contributed by atoms with Crippen LogP contribution in [-0.4, -0.2) is 53.6 Å². The van der Waals surface area contributed by atoms with Gasteiger partial charge in [-0.25, -0.2) is 8.78 Å². The van der Waals surface area contributed by atoms with E-state index in [1.165, 1.54) is 4.90 Å². The molecule has 2 saturated carbocycles. The summed E-state index contributed by atoms with van der Waals surface area (Å²) < 4.78 is 25.8. The molecule has 0 aromatic carbocycles. The van der Waals surface area contributed by atoms with E-state index in [0.717, 1.165) is 12.8 Å². The lowest BCUT2D eigenvalue weighted by Crippen LogP contribution is -2.46. The number of halogens is 2. The fourth-order valence-corrected chi connectivity index (χ4v) is 3.31. The highest BCUT2D eigenvalue weighted by molar-refractivity contribution is 6.40. The van der Waals surface area contributed by atoms with Crippen LogP contribution in [0.3, 0.4) is 0 Å². The lowest BCUT2D eigenvalue weighted by Gasteiger charge is -2.36. The molecule has 0 aromatic rings. The summed E-state index contributed by atoms with van der Waals surface area (Å²) in [6.07, 6.45) is 0.885. The van der Waals surface area contributed by atoms with Crippen LogP contribution in [0, 0.1) is 11.8 Å². The quantitative estimate of drug-likeness (QED) is 0.826. The van der Waals surface area contributed by atoms with Crippen LogP contribution in [0.2, 0.25) is 0 Å². The van der Waals surface area contributed by atoms with Gasteiger partial charge in [0.05, 0.1) is 12.5 Å². The zero-order valence-electron chi connectivity index (χ0n) is 11.9. The second-order valence-electron chi connectivity index (χ2n) is 6.68. The van der Waals surface area contributed by atoms with Gasteiger partial charge in [0.15, 0.2) is 11.8 Å². The molecule has 2 aliphatic carbocycles. The van der Waals surface area contributed by atoms with Gasteiger partial charge in [0.1, 0.15) is 0 Å². The predicted molar refractivity (Wildman–Crippen MR) is 71.2 cm³/mol. The Bertz CT molecular complexity index is 554. The van der Waals surface area contributed by atoms with Crippen molar-refractivity contribution in [2.75, 3.05) is 13.1 Å². The maximum atomic E-state index is 12.9. The minimum atomic E-state index is -2.71. The number of nitrogens with one attached hydrogen (secondary N) is 1. The van der Waals surface area contributed by atoms with Crippen molar-refractivity contribution in [3.05, 3.63) is 0 Å². The summed E-state index contributed by atoms with van der Waals surface area (Å²) in [4.78, 5) is 31.1. The van der Waals surface area contributed by atoms with E-state index in [-0.39, 0.29) is 42.7 Å². The lowest BCUT2D eigenvalue weighted by molar-refractivity contribution is -0.159. The zero-order chi connectivity index (χ0) is 15.5. The molecule has 3 fully saturated rings. The van der Waals surface area contributed by atoms with Crippen LogP contribution in [0.1, 0.15) is 25.7 Å². The van der Waals surface area contributed by atoms with Crippen molar-refractivity contribution in [1.82, 2.24) is 10.2 Å². The highest BCUT2D eigenvalue weighted by Gasteiger charge is 2.53. The molecule has 1 N–H and O–H groups in total. The average Bonchev–Trinajstić information content (AvgIpc) is 2.99. The highest BCUT2D eigenvalue weighted by Crippen LogP contribution is 2.44. The van der Waals surface area contributed by atoms with Crippen molar-refractivity contribution in [2.24, 2.45) is 17.0 Å². The molecule has 6 nitrogen and oxygen atoms in total. The molecular weight excluding hydrogens is 296 g/mol. The largest absolute Gasteiger partial charge is 0.389 e. The van der Waals surface area contributed by atoms with Crippen molar-refractivity contribution in [1.29, 1.82) is 0 Å².